The molecular weight excluding hydrogens is 272 g/mol. The van der Waals surface area contributed by atoms with E-state index in [0.29, 0.717) is 21.6 Å². The molecule has 1 amide bonds. The first-order chi connectivity index (χ1) is 8.83. The van der Waals surface area contributed by atoms with Crippen LogP contribution in [0.3, 0.4) is 0 Å². The Labute approximate surface area is 109 Å². The van der Waals surface area contributed by atoms with E-state index >= 15 is 0 Å². The van der Waals surface area contributed by atoms with Crippen molar-refractivity contribution in [3.63, 3.8) is 0 Å². The molecule has 0 aliphatic carbocycles. The predicted molar refractivity (Wildman–Crippen MR) is 67.7 cm³/mol. The average molecular weight is 278 g/mol. The molecule has 0 aliphatic rings. The van der Waals surface area contributed by atoms with E-state index in [9.17, 15) is 4.79 Å². The maximum Gasteiger partial charge on any atom is 0.276 e. The fraction of sp³-hybridized carbons (Fsp3) is 0. The van der Waals surface area contributed by atoms with Gasteiger partial charge in [-0.05, 0) is 12.1 Å². The second-order valence-corrected chi connectivity index (χ2v) is 4.90. The maximum atomic E-state index is 11.8. The van der Waals surface area contributed by atoms with E-state index in [1.165, 1.54) is 22.7 Å². The summed E-state index contributed by atoms with van der Waals surface area (Å²) in [5, 5.41) is 12.8. The van der Waals surface area contributed by atoms with Gasteiger partial charge in [-0.2, -0.15) is 0 Å². The molecule has 0 radical (unpaired) electrons. The van der Waals surface area contributed by atoms with Crippen LogP contribution in [0.1, 0.15) is 10.5 Å². The summed E-state index contributed by atoms with van der Waals surface area (Å²) in [7, 11) is 0. The zero-order chi connectivity index (χ0) is 12.4. The van der Waals surface area contributed by atoms with Crippen molar-refractivity contribution >= 4 is 33.7 Å². The molecule has 0 aromatic carbocycles. The van der Waals surface area contributed by atoms with Crippen molar-refractivity contribution < 1.29 is 9.21 Å². The Bertz CT molecular complexity index is 645. The zero-order valence-corrected chi connectivity index (χ0v) is 10.5. The standard InChI is InChI=1S/C10H6N4O2S2/c15-8(13-10-14-11-5-18-10)6-4-17-9(12-6)7-2-1-3-16-7/h1-5H,(H,13,14,15). The molecular formula is C10H6N4O2S2. The summed E-state index contributed by atoms with van der Waals surface area (Å²) < 4.78 is 5.21. The highest BCUT2D eigenvalue weighted by Gasteiger charge is 2.14. The van der Waals surface area contributed by atoms with Crippen LogP contribution in [0.5, 0.6) is 0 Å². The molecule has 0 bridgehead atoms. The van der Waals surface area contributed by atoms with Crippen molar-refractivity contribution in [2.75, 3.05) is 5.32 Å². The number of aromatic nitrogens is 3. The van der Waals surface area contributed by atoms with Crippen molar-refractivity contribution in [2.45, 2.75) is 0 Å². The van der Waals surface area contributed by atoms with Crippen LogP contribution in [0.15, 0.2) is 33.7 Å². The molecule has 0 atom stereocenters. The van der Waals surface area contributed by atoms with Crippen LogP contribution in [0.4, 0.5) is 5.13 Å². The number of hydrogen-bond donors (Lipinski definition) is 1. The average Bonchev–Trinajstić information content (AvgIpc) is 3.11. The van der Waals surface area contributed by atoms with Crippen molar-refractivity contribution in [3.8, 4) is 10.8 Å². The number of nitrogens with zero attached hydrogens (tertiary/aromatic N) is 3. The second-order valence-electron chi connectivity index (χ2n) is 3.21. The normalized spacial score (nSPS) is 10.4. The molecule has 3 rings (SSSR count). The number of carbonyl (C=O) groups is 1. The Balaban J connectivity index is 1.79. The largest absolute Gasteiger partial charge is 0.462 e. The van der Waals surface area contributed by atoms with Crippen LogP contribution in [-0.4, -0.2) is 21.1 Å². The summed E-state index contributed by atoms with van der Waals surface area (Å²) >= 11 is 2.60. The molecule has 0 saturated carbocycles. The molecule has 3 aromatic rings. The van der Waals surface area contributed by atoms with E-state index in [-0.39, 0.29) is 5.91 Å². The van der Waals surface area contributed by atoms with Crippen molar-refractivity contribution in [3.05, 3.63) is 35.0 Å². The van der Waals surface area contributed by atoms with Gasteiger partial charge in [-0.1, -0.05) is 11.3 Å². The lowest BCUT2D eigenvalue weighted by Gasteiger charge is -1.95. The van der Waals surface area contributed by atoms with E-state index in [4.69, 9.17) is 4.42 Å². The van der Waals surface area contributed by atoms with Gasteiger partial charge in [0.15, 0.2) is 10.8 Å². The number of nitrogens with one attached hydrogen (secondary N) is 1. The lowest BCUT2D eigenvalue weighted by Crippen LogP contribution is -2.12. The van der Waals surface area contributed by atoms with Crippen LogP contribution in [0.25, 0.3) is 10.8 Å². The third-order valence-electron chi connectivity index (χ3n) is 2.05. The number of anilines is 1. The maximum absolute atomic E-state index is 11.8. The van der Waals surface area contributed by atoms with E-state index in [2.05, 4.69) is 20.5 Å². The van der Waals surface area contributed by atoms with E-state index in [1.807, 2.05) is 0 Å². The fourth-order valence-electron chi connectivity index (χ4n) is 1.28. The zero-order valence-electron chi connectivity index (χ0n) is 8.86. The van der Waals surface area contributed by atoms with Crippen molar-refractivity contribution in [1.82, 2.24) is 15.2 Å². The van der Waals surface area contributed by atoms with Crippen molar-refractivity contribution in [2.24, 2.45) is 0 Å². The highest BCUT2D eigenvalue weighted by atomic mass is 32.1. The fourth-order valence-corrected chi connectivity index (χ4v) is 2.49. The molecule has 0 spiro atoms. The molecule has 1 N–H and O–H groups in total. The summed E-state index contributed by atoms with van der Waals surface area (Å²) in [6.07, 6.45) is 1.57. The van der Waals surface area contributed by atoms with Gasteiger partial charge in [0, 0.05) is 5.38 Å². The lowest BCUT2D eigenvalue weighted by molar-refractivity contribution is 0.102. The van der Waals surface area contributed by atoms with E-state index < -0.39 is 0 Å². The SMILES string of the molecule is O=C(Nc1nncs1)c1csc(-c2ccco2)n1. The smallest absolute Gasteiger partial charge is 0.276 e. The first-order valence-electron chi connectivity index (χ1n) is 4.90. The van der Waals surface area contributed by atoms with Gasteiger partial charge < -0.3 is 4.42 Å². The minimum atomic E-state index is -0.305. The second kappa shape index (κ2) is 4.67. The highest BCUT2D eigenvalue weighted by Crippen LogP contribution is 2.24. The monoisotopic (exact) mass is 278 g/mol. The summed E-state index contributed by atoms with van der Waals surface area (Å²) in [6, 6.07) is 3.57. The first kappa shape index (κ1) is 11.1. The number of amides is 1. The molecule has 90 valence electrons. The Morgan fingerprint density at radius 2 is 2.33 bits per heavy atom. The van der Waals surface area contributed by atoms with Gasteiger partial charge in [0.1, 0.15) is 11.2 Å². The molecule has 0 unspecified atom stereocenters. The Morgan fingerprint density at radius 3 is 3.06 bits per heavy atom. The summed E-state index contributed by atoms with van der Waals surface area (Å²) in [5.41, 5.74) is 1.88. The first-order valence-corrected chi connectivity index (χ1v) is 6.66. The number of hydrogen-bond acceptors (Lipinski definition) is 7. The van der Waals surface area contributed by atoms with Gasteiger partial charge in [-0.15, -0.1) is 21.5 Å². The molecule has 3 aromatic heterocycles. The molecule has 0 aliphatic heterocycles. The number of furan rings is 1. The molecule has 0 saturated heterocycles. The Kier molecular flexibility index (Phi) is 2.87. The number of thiazole rings is 1. The minimum Gasteiger partial charge on any atom is -0.462 e. The molecule has 0 fully saturated rings. The summed E-state index contributed by atoms with van der Waals surface area (Å²) in [6.45, 7) is 0. The van der Waals surface area contributed by atoms with Crippen LogP contribution < -0.4 is 5.32 Å². The topological polar surface area (TPSA) is 80.9 Å². The van der Waals surface area contributed by atoms with E-state index in [0.717, 1.165) is 0 Å². The van der Waals surface area contributed by atoms with Gasteiger partial charge in [-0.25, -0.2) is 4.98 Å². The number of carbonyl (C=O) groups excluding carboxylic acids is 1. The summed E-state index contributed by atoms with van der Waals surface area (Å²) in [5.74, 6) is 0.343. The van der Waals surface area contributed by atoms with Crippen molar-refractivity contribution in [1.29, 1.82) is 0 Å². The molecule has 3 heterocycles. The van der Waals surface area contributed by atoms with Crippen LogP contribution in [0.2, 0.25) is 0 Å². The highest BCUT2D eigenvalue weighted by molar-refractivity contribution is 7.14. The molecule has 8 heteroatoms. The molecule has 6 nitrogen and oxygen atoms in total. The van der Waals surface area contributed by atoms with Crippen LogP contribution in [-0.2, 0) is 0 Å². The van der Waals surface area contributed by atoms with Crippen LogP contribution >= 0.6 is 22.7 Å². The van der Waals surface area contributed by atoms with Gasteiger partial charge >= 0.3 is 0 Å². The van der Waals surface area contributed by atoms with Gasteiger partial charge in [0.05, 0.1) is 6.26 Å². The third-order valence-corrected chi connectivity index (χ3v) is 3.51. The number of rotatable bonds is 3. The lowest BCUT2D eigenvalue weighted by atomic mass is 10.4. The van der Waals surface area contributed by atoms with Gasteiger partial charge in [-0.3, -0.25) is 10.1 Å². The minimum absolute atomic E-state index is 0.305. The Hall–Kier alpha value is -2.06. The Morgan fingerprint density at radius 1 is 1.39 bits per heavy atom. The summed E-state index contributed by atoms with van der Waals surface area (Å²) in [4.78, 5) is 16.0. The van der Waals surface area contributed by atoms with Gasteiger partial charge in [0.2, 0.25) is 5.13 Å². The quantitative estimate of drug-likeness (QED) is 0.796. The molecule has 18 heavy (non-hydrogen) atoms. The third kappa shape index (κ3) is 2.15. The predicted octanol–water partition coefficient (Wildman–Crippen LogP) is 2.51. The van der Waals surface area contributed by atoms with E-state index in [1.54, 1.807) is 29.3 Å². The van der Waals surface area contributed by atoms with Crippen LogP contribution in [0, 0.1) is 0 Å². The van der Waals surface area contributed by atoms with Gasteiger partial charge in [0.25, 0.3) is 5.91 Å².